The van der Waals surface area contributed by atoms with Crippen LogP contribution in [0.25, 0.3) is 5.76 Å². The number of hydrogen-bond donors (Lipinski definition) is 3. The second-order valence-corrected chi connectivity index (χ2v) is 7.10. The largest absolute Gasteiger partial charge is 0.507 e. The highest BCUT2D eigenvalue weighted by Crippen LogP contribution is 2.41. The van der Waals surface area contributed by atoms with E-state index in [1.165, 1.54) is 31.1 Å². The molecule has 1 fully saturated rings. The Morgan fingerprint density at radius 2 is 1.83 bits per heavy atom. The van der Waals surface area contributed by atoms with Crippen LogP contribution < -0.4 is 4.74 Å². The van der Waals surface area contributed by atoms with E-state index in [9.17, 15) is 24.9 Å². The fraction of sp³-hybridized carbons (Fsp3) is 0.273. The fourth-order valence-electron chi connectivity index (χ4n) is 3.43. The summed E-state index contributed by atoms with van der Waals surface area (Å²) >= 11 is 0. The van der Waals surface area contributed by atoms with Gasteiger partial charge in [-0.3, -0.25) is 9.59 Å². The van der Waals surface area contributed by atoms with Crippen molar-refractivity contribution in [2.75, 3.05) is 13.7 Å². The van der Waals surface area contributed by atoms with Gasteiger partial charge in [0.05, 0.1) is 24.8 Å². The number of carbonyl (C=O) groups excluding carboxylic acids is 2. The number of carbonyl (C=O) groups is 2. The highest BCUT2D eigenvalue weighted by atomic mass is 16.5. The molecule has 1 saturated heterocycles. The molecule has 0 aliphatic carbocycles. The van der Waals surface area contributed by atoms with Crippen LogP contribution in [-0.2, 0) is 9.59 Å². The molecular formula is C22H23NO6. The van der Waals surface area contributed by atoms with E-state index in [1.54, 1.807) is 30.3 Å². The van der Waals surface area contributed by atoms with Crippen molar-refractivity contribution >= 4 is 17.4 Å². The molecule has 7 nitrogen and oxygen atoms in total. The Balaban J connectivity index is 2.21. The number of hydrogen-bond acceptors (Lipinski definition) is 6. The summed E-state index contributed by atoms with van der Waals surface area (Å²) in [5.74, 6) is -1.87. The Hall–Kier alpha value is -3.32. The van der Waals surface area contributed by atoms with E-state index >= 15 is 0 Å². The van der Waals surface area contributed by atoms with Gasteiger partial charge >= 0.3 is 0 Å². The number of rotatable bonds is 5. The Kier molecular flexibility index (Phi) is 5.61. The van der Waals surface area contributed by atoms with Gasteiger partial charge in [0.15, 0.2) is 11.5 Å². The van der Waals surface area contributed by atoms with Gasteiger partial charge in [0.25, 0.3) is 11.7 Å². The second kappa shape index (κ2) is 7.97. The van der Waals surface area contributed by atoms with Crippen molar-refractivity contribution in [2.24, 2.45) is 0 Å². The highest BCUT2D eigenvalue weighted by Gasteiger charge is 2.46. The number of aliphatic hydroxyl groups is 2. The molecule has 1 aliphatic heterocycles. The van der Waals surface area contributed by atoms with Crippen LogP contribution >= 0.6 is 0 Å². The first kappa shape index (κ1) is 20.4. The molecule has 2 aromatic carbocycles. The molecule has 1 heterocycles. The number of benzene rings is 2. The molecule has 0 aromatic heterocycles. The molecule has 0 saturated carbocycles. The number of ether oxygens (including phenoxy) is 1. The second-order valence-electron chi connectivity index (χ2n) is 7.10. The van der Waals surface area contributed by atoms with E-state index in [1.807, 2.05) is 6.92 Å². The number of ketones is 1. The van der Waals surface area contributed by atoms with Gasteiger partial charge in [-0.2, -0.15) is 0 Å². The summed E-state index contributed by atoms with van der Waals surface area (Å²) < 4.78 is 5.14. The van der Waals surface area contributed by atoms with Crippen molar-refractivity contribution < 1.29 is 29.6 Å². The van der Waals surface area contributed by atoms with Crippen molar-refractivity contribution in [3.63, 3.8) is 0 Å². The van der Waals surface area contributed by atoms with Gasteiger partial charge in [0.1, 0.15) is 5.76 Å². The third-order valence-corrected chi connectivity index (χ3v) is 4.85. The van der Waals surface area contributed by atoms with Gasteiger partial charge in [-0.15, -0.1) is 0 Å². The number of phenols is 1. The van der Waals surface area contributed by atoms with Gasteiger partial charge in [0.2, 0.25) is 0 Å². The fourth-order valence-corrected chi connectivity index (χ4v) is 3.43. The van der Waals surface area contributed by atoms with Gasteiger partial charge in [0, 0.05) is 12.1 Å². The standard InChI is InChI=1S/C22H23NO6/c1-12-4-6-14(7-5-12)20(26)18-19(15-8-9-16(25)17(10-15)29-3)23(11-13(2)24)22(28)21(18)27/h4-10,13,19,24-26H,11H2,1-3H3. The first-order valence-corrected chi connectivity index (χ1v) is 9.15. The topological polar surface area (TPSA) is 107 Å². The predicted molar refractivity (Wildman–Crippen MR) is 107 cm³/mol. The number of likely N-dealkylation sites (tertiary alicyclic amines) is 1. The number of aromatic hydroxyl groups is 1. The van der Waals surface area contributed by atoms with E-state index < -0.39 is 23.8 Å². The van der Waals surface area contributed by atoms with Crippen molar-refractivity contribution in [1.29, 1.82) is 0 Å². The Bertz CT molecular complexity index is 977. The van der Waals surface area contributed by atoms with Crippen LogP contribution in [0.2, 0.25) is 0 Å². The minimum absolute atomic E-state index is 0.0766. The van der Waals surface area contributed by atoms with Crippen molar-refractivity contribution in [3.05, 3.63) is 64.7 Å². The van der Waals surface area contributed by atoms with Crippen molar-refractivity contribution in [3.8, 4) is 11.5 Å². The Morgan fingerprint density at radius 1 is 1.17 bits per heavy atom. The summed E-state index contributed by atoms with van der Waals surface area (Å²) in [6.07, 6.45) is -0.880. The molecule has 1 aliphatic rings. The Morgan fingerprint density at radius 3 is 2.41 bits per heavy atom. The normalized spacial score (nSPS) is 19.4. The summed E-state index contributed by atoms with van der Waals surface area (Å²) in [5, 5.41) is 30.6. The quantitative estimate of drug-likeness (QED) is 0.407. The molecule has 2 aromatic rings. The number of aryl methyl sites for hydroxylation is 1. The van der Waals surface area contributed by atoms with E-state index in [4.69, 9.17) is 4.74 Å². The zero-order chi connectivity index (χ0) is 21.3. The van der Waals surface area contributed by atoms with Crippen LogP contribution in [0.5, 0.6) is 11.5 Å². The molecule has 152 valence electrons. The van der Waals surface area contributed by atoms with Crippen LogP contribution in [0.15, 0.2) is 48.0 Å². The van der Waals surface area contributed by atoms with Gasteiger partial charge in [-0.25, -0.2) is 0 Å². The minimum Gasteiger partial charge on any atom is -0.507 e. The highest BCUT2D eigenvalue weighted by molar-refractivity contribution is 6.46. The van der Waals surface area contributed by atoms with Crippen LogP contribution in [0.3, 0.4) is 0 Å². The lowest BCUT2D eigenvalue weighted by Crippen LogP contribution is -2.35. The molecule has 0 spiro atoms. The maximum atomic E-state index is 12.8. The van der Waals surface area contributed by atoms with Crippen molar-refractivity contribution in [2.45, 2.75) is 26.0 Å². The van der Waals surface area contributed by atoms with Gasteiger partial charge in [-0.1, -0.05) is 35.9 Å². The molecule has 3 rings (SSSR count). The molecule has 29 heavy (non-hydrogen) atoms. The van der Waals surface area contributed by atoms with Crippen LogP contribution in [0.4, 0.5) is 0 Å². The average molecular weight is 397 g/mol. The van der Waals surface area contributed by atoms with E-state index in [2.05, 4.69) is 0 Å². The third kappa shape index (κ3) is 3.82. The molecule has 1 amide bonds. The third-order valence-electron chi connectivity index (χ3n) is 4.85. The van der Waals surface area contributed by atoms with Crippen LogP contribution in [0.1, 0.15) is 29.7 Å². The number of aliphatic hydroxyl groups excluding tert-OH is 2. The minimum atomic E-state index is -0.930. The van der Waals surface area contributed by atoms with Crippen molar-refractivity contribution in [1.82, 2.24) is 4.90 Å². The summed E-state index contributed by atoms with van der Waals surface area (Å²) in [6, 6.07) is 10.4. The number of β-amino-alcohol motifs (C(OH)–C–C–N with tert-alkyl or cyclic N) is 1. The molecular weight excluding hydrogens is 374 g/mol. The molecule has 0 radical (unpaired) electrons. The number of amides is 1. The monoisotopic (exact) mass is 397 g/mol. The Labute approximate surface area is 168 Å². The number of methoxy groups -OCH3 is 1. The number of Topliss-reactive ketones (excluding diaryl/α,β-unsaturated/α-hetero) is 1. The molecule has 2 atom stereocenters. The lowest BCUT2D eigenvalue weighted by molar-refractivity contribution is -0.140. The average Bonchev–Trinajstić information content (AvgIpc) is 2.93. The van der Waals surface area contributed by atoms with Gasteiger partial charge in [-0.05, 0) is 31.5 Å². The number of nitrogens with zero attached hydrogens (tertiary/aromatic N) is 1. The smallest absolute Gasteiger partial charge is 0.295 e. The SMILES string of the molecule is COc1cc(C2C(=C(O)c3ccc(C)cc3)C(=O)C(=O)N2CC(C)O)ccc1O. The van der Waals surface area contributed by atoms with Crippen LogP contribution in [0, 0.1) is 6.92 Å². The van der Waals surface area contributed by atoms with E-state index in [-0.39, 0.29) is 29.4 Å². The number of phenolic OH excluding ortho intramolecular Hbond substituents is 1. The lowest BCUT2D eigenvalue weighted by atomic mass is 9.94. The summed E-state index contributed by atoms with van der Waals surface area (Å²) in [7, 11) is 1.39. The lowest BCUT2D eigenvalue weighted by Gasteiger charge is -2.26. The zero-order valence-electron chi connectivity index (χ0n) is 16.4. The molecule has 3 N–H and O–H groups in total. The molecule has 0 bridgehead atoms. The molecule has 2 unspecified atom stereocenters. The summed E-state index contributed by atoms with van der Waals surface area (Å²) in [5.41, 5.74) is 1.78. The van der Waals surface area contributed by atoms with E-state index in [0.29, 0.717) is 11.1 Å². The molecule has 7 heteroatoms. The predicted octanol–water partition coefficient (Wildman–Crippen LogP) is 2.51. The van der Waals surface area contributed by atoms with E-state index in [0.717, 1.165) is 5.56 Å². The maximum Gasteiger partial charge on any atom is 0.295 e. The first-order chi connectivity index (χ1) is 13.7. The maximum absolute atomic E-state index is 12.8. The summed E-state index contributed by atoms with van der Waals surface area (Å²) in [6.45, 7) is 3.31. The first-order valence-electron chi connectivity index (χ1n) is 9.15. The van der Waals surface area contributed by atoms with Gasteiger partial charge < -0.3 is 25.0 Å². The summed E-state index contributed by atoms with van der Waals surface area (Å²) in [4.78, 5) is 26.7. The van der Waals surface area contributed by atoms with Crippen LogP contribution in [-0.4, -0.2) is 51.7 Å². The zero-order valence-corrected chi connectivity index (χ0v) is 16.4.